The van der Waals surface area contributed by atoms with Gasteiger partial charge in [-0.1, -0.05) is 23.7 Å². The van der Waals surface area contributed by atoms with Crippen LogP contribution >= 0.6 is 11.6 Å². The highest BCUT2D eigenvalue weighted by atomic mass is 35.5. The monoisotopic (exact) mass is 389 g/mol. The Balaban J connectivity index is 1.89. The molecule has 0 aliphatic carbocycles. The third-order valence-electron chi connectivity index (χ3n) is 3.61. The Bertz CT molecular complexity index is 833. The summed E-state index contributed by atoms with van der Waals surface area (Å²) in [5.74, 6) is 0.125. The molecule has 27 heavy (non-hydrogen) atoms. The smallest absolute Gasteiger partial charge is 0.331 e. The maximum Gasteiger partial charge on any atom is 0.331 e. The zero-order valence-electron chi connectivity index (χ0n) is 15.2. The predicted octanol–water partition coefficient (Wildman–Crippen LogP) is 3.94. The molecule has 0 saturated heterocycles. The van der Waals surface area contributed by atoms with Crippen molar-refractivity contribution in [2.24, 2.45) is 0 Å². The number of anilines is 1. The number of carbonyl (C=O) groups is 2. The minimum absolute atomic E-state index is 0.363. The molecule has 0 heterocycles. The molecule has 0 aliphatic rings. The molecule has 2 rings (SSSR count). The maximum absolute atomic E-state index is 12.2. The third-order valence-corrected chi connectivity index (χ3v) is 3.90. The topological polar surface area (TPSA) is 73.9 Å². The van der Waals surface area contributed by atoms with Crippen LogP contribution in [-0.2, 0) is 14.3 Å². The molecule has 1 atom stereocenters. The second kappa shape index (κ2) is 9.64. The van der Waals surface area contributed by atoms with Gasteiger partial charge in [-0.05, 0) is 48.9 Å². The Labute approximate surface area is 162 Å². The first-order valence-corrected chi connectivity index (χ1v) is 8.48. The highest BCUT2D eigenvalue weighted by Crippen LogP contribution is 2.27. The number of benzene rings is 2. The van der Waals surface area contributed by atoms with Gasteiger partial charge in [-0.15, -0.1) is 0 Å². The van der Waals surface area contributed by atoms with E-state index < -0.39 is 18.0 Å². The summed E-state index contributed by atoms with van der Waals surface area (Å²) in [4.78, 5) is 24.1. The van der Waals surface area contributed by atoms with Crippen molar-refractivity contribution in [1.82, 2.24) is 0 Å². The molecule has 0 aromatic heterocycles. The van der Waals surface area contributed by atoms with Crippen LogP contribution in [0.5, 0.6) is 11.5 Å². The van der Waals surface area contributed by atoms with Gasteiger partial charge in [-0.25, -0.2) is 4.79 Å². The number of esters is 1. The van der Waals surface area contributed by atoms with Gasteiger partial charge in [-0.3, -0.25) is 4.79 Å². The Morgan fingerprint density at radius 3 is 2.37 bits per heavy atom. The summed E-state index contributed by atoms with van der Waals surface area (Å²) in [6.07, 6.45) is 1.88. The Hall–Kier alpha value is -2.99. The lowest BCUT2D eigenvalue weighted by Crippen LogP contribution is -2.29. The van der Waals surface area contributed by atoms with Crippen molar-refractivity contribution in [3.63, 3.8) is 0 Å². The van der Waals surface area contributed by atoms with Gasteiger partial charge in [0.25, 0.3) is 5.91 Å². The van der Waals surface area contributed by atoms with Crippen LogP contribution in [0.2, 0.25) is 5.02 Å². The van der Waals surface area contributed by atoms with Gasteiger partial charge in [0.1, 0.15) is 11.5 Å². The van der Waals surface area contributed by atoms with Gasteiger partial charge in [0.05, 0.1) is 19.2 Å². The minimum Gasteiger partial charge on any atom is -0.497 e. The van der Waals surface area contributed by atoms with E-state index in [2.05, 4.69) is 5.32 Å². The Morgan fingerprint density at radius 2 is 1.78 bits per heavy atom. The van der Waals surface area contributed by atoms with Crippen LogP contribution in [0.1, 0.15) is 12.5 Å². The number of methoxy groups -OCH3 is 2. The van der Waals surface area contributed by atoms with Crippen molar-refractivity contribution in [3.05, 3.63) is 59.1 Å². The van der Waals surface area contributed by atoms with Crippen molar-refractivity contribution in [1.29, 1.82) is 0 Å². The summed E-state index contributed by atoms with van der Waals surface area (Å²) in [7, 11) is 3.08. The van der Waals surface area contributed by atoms with Crippen LogP contribution in [-0.4, -0.2) is 32.2 Å². The second-order valence-corrected chi connectivity index (χ2v) is 5.93. The van der Waals surface area contributed by atoms with E-state index in [1.54, 1.807) is 55.7 Å². The standard InChI is InChI=1S/C20H20ClNO5/c1-13(20(24)22-15-7-10-18(26-3)17(21)12-15)27-19(23)11-6-14-4-8-16(25-2)9-5-14/h4-13H,1-3H3,(H,22,24)/b11-6+/t13-/m1/s1. The van der Waals surface area contributed by atoms with Crippen molar-refractivity contribution in [2.75, 3.05) is 19.5 Å². The van der Waals surface area contributed by atoms with Gasteiger partial charge in [0.2, 0.25) is 0 Å². The summed E-state index contributed by atoms with van der Waals surface area (Å²) in [6.45, 7) is 1.49. The molecule has 0 bridgehead atoms. The molecule has 0 radical (unpaired) electrons. The highest BCUT2D eigenvalue weighted by molar-refractivity contribution is 6.32. The highest BCUT2D eigenvalue weighted by Gasteiger charge is 2.17. The van der Waals surface area contributed by atoms with Crippen LogP contribution in [0.15, 0.2) is 48.5 Å². The summed E-state index contributed by atoms with van der Waals surface area (Å²) in [6, 6.07) is 12.0. The fourth-order valence-corrected chi connectivity index (χ4v) is 2.39. The van der Waals surface area contributed by atoms with Crippen molar-refractivity contribution in [2.45, 2.75) is 13.0 Å². The normalized spacial score (nSPS) is 11.7. The molecule has 7 heteroatoms. The van der Waals surface area contributed by atoms with E-state index in [1.165, 1.54) is 20.1 Å². The number of carbonyl (C=O) groups excluding carboxylic acids is 2. The Kier molecular flexibility index (Phi) is 7.25. The van der Waals surface area contributed by atoms with E-state index >= 15 is 0 Å². The number of halogens is 1. The number of ether oxygens (including phenoxy) is 3. The van der Waals surface area contributed by atoms with Gasteiger partial charge < -0.3 is 19.5 Å². The molecule has 1 amide bonds. The van der Waals surface area contributed by atoms with Crippen molar-refractivity contribution in [3.8, 4) is 11.5 Å². The molecular formula is C20H20ClNO5. The van der Waals surface area contributed by atoms with Crippen LogP contribution in [0, 0.1) is 0 Å². The molecule has 142 valence electrons. The minimum atomic E-state index is -0.973. The third kappa shape index (κ3) is 6.04. The molecule has 6 nitrogen and oxygen atoms in total. The average molecular weight is 390 g/mol. The Morgan fingerprint density at radius 1 is 1.07 bits per heavy atom. The summed E-state index contributed by atoms with van der Waals surface area (Å²) in [5, 5.41) is 2.99. The quantitative estimate of drug-likeness (QED) is 0.573. The summed E-state index contributed by atoms with van der Waals surface area (Å²) in [5.41, 5.74) is 1.28. The predicted molar refractivity (Wildman–Crippen MR) is 104 cm³/mol. The lowest BCUT2D eigenvalue weighted by molar-refractivity contribution is -0.148. The number of amides is 1. The van der Waals surface area contributed by atoms with E-state index in [4.69, 9.17) is 25.8 Å². The lowest BCUT2D eigenvalue weighted by Gasteiger charge is -2.13. The van der Waals surface area contributed by atoms with Crippen LogP contribution in [0.25, 0.3) is 6.08 Å². The SMILES string of the molecule is COc1ccc(/C=C/C(=O)O[C@H](C)C(=O)Nc2ccc(OC)c(Cl)c2)cc1. The first kappa shape index (κ1) is 20.3. The lowest BCUT2D eigenvalue weighted by atomic mass is 10.2. The zero-order chi connectivity index (χ0) is 19.8. The largest absolute Gasteiger partial charge is 0.497 e. The van der Waals surface area contributed by atoms with E-state index in [-0.39, 0.29) is 0 Å². The fraction of sp³-hybridized carbons (Fsp3) is 0.200. The molecular weight excluding hydrogens is 370 g/mol. The molecule has 0 fully saturated rings. The first-order chi connectivity index (χ1) is 12.9. The molecule has 2 aromatic rings. The number of hydrogen-bond donors (Lipinski definition) is 1. The number of hydrogen-bond acceptors (Lipinski definition) is 5. The molecule has 2 aromatic carbocycles. The number of rotatable bonds is 7. The van der Waals surface area contributed by atoms with Gasteiger partial charge in [0, 0.05) is 11.8 Å². The van der Waals surface area contributed by atoms with E-state index in [1.807, 2.05) is 0 Å². The molecule has 1 N–H and O–H groups in total. The molecule has 0 aliphatic heterocycles. The first-order valence-electron chi connectivity index (χ1n) is 8.10. The fourth-order valence-electron chi connectivity index (χ4n) is 2.13. The molecule has 0 spiro atoms. The zero-order valence-corrected chi connectivity index (χ0v) is 15.9. The second-order valence-electron chi connectivity index (χ2n) is 5.52. The van der Waals surface area contributed by atoms with Crippen molar-refractivity contribution < 1.29 is 23.8 Å². The molecule has 0 saturated carbocycles. The van der Waals surface area contributed by atoms with Crippen LogP contribution in [0.4, 0.5) is 5.69 Å². The number of nitrogens with one attached hydrogen (secondary N) is 1. The van der Waals surface area contributed by atoms with E-state index in [0.717, 1.165) is 11.3 Å². The van der Waals surface area contributed by atoms with Crippen LogP contribution in [0.3, 0.4) is 0 Å². The summed E-state index contributed by atoms with van der Waals surface area (Å²) < 4.78 is 15.2. The van der Waals surface area contributed by atoms with Gasteiger partial charge in [-0.2, -0.15) is 0 Å². The van der Waals surface area contributed by atoms with E-state index in [0.29, 0.717) is 16.5 Å². The molecule has 0 unspecified atom stereocenters. The van der Waals surface area contributed by atoms with Crippen molar-refractivity contribution >= 4 is 35.2 Å². The van der Waals surface area contributed by atoms with Crippen LogP contribution < -0.4 is 14.8 Å². The maximum atomic E-state index is 12.2. The summed E-state index contributed by atoms with van der Waals surface area (Å²) >= 11 is 6.02. The van der Waals surface area contributed by atoms with Gasteiger partial charge >= 0.3 is 5.97 Å². The van der Waals surface area contributed by atoms with E-state index in [9.17, 15) is 9.59 Å². The average Bonchev–Trinajstić information content (AvgIpc) is 2.66. The van der Waals surface area contributed by atoms with Gasteiger partial charge in [0.15, 0.2) is 6.10 Å².